The molecule has 0 saturated carbocycles. The lowest BCUT2D eigenvalue weighted by molar-refractivity contribution is -0.170. The molecule has 10 atom stereocenters. The Morgan fingerprint density at radius 1 is 0.978 bits per heavy atom. The minimum atomic E-state index is -5.10. The Kier molecular flexibility index (Phi) is 7.23. The molecule has 0 aliphatic carbocycles. The van der Waals surface area contributed by atoms with Gasteiger partial charge in [-0.3, -0.25) is 32.5 Å². The first-order valence-electron chi connectivity index (χ1n) is 12.8. The predicted octanol–water partition coefficient (Wildman–Crippen LogP) is -2.95. The average Bonchev–Trinajstić information content (AvgIpc) is 3.72. The van der Waals surface area contributed by atoms with Crippen molar-refractivity contribution in [1.82, 2.24) is 44.5 Å². The molecule has 9 N–H and O–H groups in total. The summed E-state index contributed by atoms with van der Waals surface area (Å²) in [6.07, 6.45) is -12.0. The largest absolute Gasteiger partial charge is 0.472 e. The highest BCUT2D eigenvalue weighted by Crippen LogP contribution is 2.53. The van der Waals surface area contributed by atoms with Crippen LogP contribution < -0.4 is 17.0 Å². The SMILES string of the molecule is Nc1nc2c(nnn2[C@@H]2O[C@@H]3OCP(=O)(O)OC4C(O)[C@H](n5cnc6c(N)ncnc65)O[C@@H]4COP(=O)(O)OC3C2O)c(=O)[nH]1. The van der Waals surface area contributed by atoms with Gasteiger partial charge in [-0.2, -0.15) is 9.67 Å². The second-order valence-corrected chi connectivity index (χ2v) is 13.2. The predicted molar refractivity (Wildman–Crippen MR) is 141 cm³/mol. The standard InChI is InChI=1S/C19H23N11O13P2/c20-12-6-13(23-2-22-12)29(3-24-6)16-8(31)10-5(40-16)1-39-45(36,37)43-11-9(32)17(41-18(11)38-4-44(34,35)42-10)30-14-7(27-28-30)15(33)26-19(21)25-14/h2-3,5,8-11,16-18,31-32H,1,4H2,(H,34,35)(H,36,37)(H2,20,22,23)(H3,21,25,26,33)/t5-,8?,9?,10?,11?,16-,17-,18+/m1/s1. The van der Waals surface area contributed by atoms with Gasteiger partial charge in [-0.15, -0.1) is 5.10 Å². The zero-order chi connectivity index (χ0) is 31.8. The van der Waals surface area contributed by atoms with E-state index in [1.165, 1.54) is 10.9 Å². The van der Waals surface area contributed by atoms with Crippen molar-refractivity contribution in [3.8, 4) is 0 Å². The number of nitrogens with one attached hydrogen (secondary N) is 1. The molecule has 0 bridgehead atoms. The maximum atomic E-state index is 13.2. The number of H-pyrrole nitrogens is 1. The van der Waals surface area contributed by atoms with Crippen LogP contribution in [0.15, 0.2) is 17.4 Å². The maximum Gasteiger partial charge on any atom is 0.472 e. The lowest BCUT2D eigenvalue weighted by Gasteiger charge is -2.28. The molecule has 0 aromatic carbocycles. The van der Waals surface area contributed by atoms with Crippen molar-refractivity contribution in [3.63, 3.8) is 0 Å². The number of nitrogens with zero attached hydrogens (tertiary/aromatic N) is 8. The van der Waals surface area contributed by atoms with Gasteiger partial charge in [0, 0.05) is 0 Å². The average molecular weight is 675 g/mol. The fraction of sp³-hybridized carbons (Fsp3) is 0.526. The summed E-state index contributed by atoms with van der Waals surface area (Å²) in [6.45, 7) is -0.811. The third kappa shape index (κ3) is 5.29. The summed E-state index contributed by atoms with van der Waals surface area (Å²) >= 11 is 0. The van der Waals surface area contributed by atoms with E-state index in [0.717, 1.165) is 11.0 Å². The summed E-state index contributed by atoms with van der Waals surface area (Å²) in [5.41, 5.74) is 10.5. The number of aromatic amines is 1. The lowest BCUT2D eigenvalue weighted by atomic mass is 10.1. The van der Waals surface area contributed by atoms with E-state index in [-0.39, 0.29) is 34.1 Å². The number of hydrogen-bond acceptors (Lipinski definition) is 19. The maximum absolute atomic E-state index is 13.2. The van der Waals surface area contributed by atoms with Gasteiger partial charge in [0.05, 0.1) is 12.9 Å². The zero-order valence-corrected chi connectivity index (χ0v) is 24.1. The molecule has 7 rings (SSSR count). The van der Waals surface area contributed by atoms with Gasteiger partial charge in [0.15, 0.2) is 53.8 Å². The van der Waals surface area contributed by atoms with Crippen molar-refractivity contribution in [2.24, 2.45) is 0 Å². The highest BCUT2D eigenvalue weighted by molar-refractivity contribution is 7.52. The molecule has 24 nitrogen and oxygen atoms in total. The summed E-state index contributed by atoms with van der Waals surface area (Å²) < 4.78 is 60.8. The number of hydrogen-bond donors (Lipinski definition) is 7. The van der Waals surface area contributed by atoms with Crippen LogP contribution in [0.2, 0.25) is 0 Å². The van der Waals surface area contributed by atoms with E-state index >= 15 is 0 Å². The molecule has 3 aliphatic rings. The van der Waals surface area contributed by atoms with Crippen LogP contribution >= 0.6 is 15.4 Å². The van der Waals surface area contributed by atoms with E-state index < -0.39 is 83.2 Å². The highest BCUT2D eigenvalue weighted by Gasteiger charge is 2.54. The van der Waals surface area contributed by atoms with Crippen LogP contribution in [0.4, 0.5) is 11.8 Å². The Morgan fingerprint density at radius 3 is 2.56 bits per heavy atom. The molecule has 3 aliphatic heterocycles. The first-order valence-corrected chi connectivity index (χ1v) is 16.1. The minimum absolute atomic E-state index is 0.0379. The number of aliphatic hydroxyl groups excluding tert-OH is 2. The molecule has 26 heteroatoms. The molecule has 0 spiro atoms. The highest BCUT2D eigenvalue weighted by atomic mass is 31.2. The number of aromatic nitrogens is 9. The van der Waals surface area contributed by atoms with Crippen LogP contribution in [0.25, 0.3) is 22.3 Å². The molecule has 0 amide bonds. The van der Waals surface area contributed by atoms with Gasteiger partial charge in [-0.05, 0) is 0 Å². The normalized spacial score (nSPS) is 37.7. The summed E-state index contributed by atoms with van der Waals surface area (Å²) in [4.78, 5) is 51.6. The van der Waals surface area contributed by atoms with E-state index in [0.29, 0.717) is 0 Å². The summed E-state index contributed by atoms with van der Waals surface area (Å²) in [5, 5.41) is 29.6. The molecule has 0 radical (unpaired) electrons. The van der Waals surface area contributed by atoms with E-state index in [4.69, 9.17) is 39.2 Å². The number of nitrogen functional groups attached to an aromatic ring is 2. The third-order valence-corrected chi connectivity index (χ3v) is 9.11. The zero-order valence-electron chi connectivity index (χ0n) is 22.3. The fourth-order valence-corrected chi connectivity index (χ4v) is 7.07. The Hall–Kier alpha value is -3.51. The van der Waals surface area contributed by atoms with Crippen LogP contribution in [0.1, 0.15) is 12.5 Å². The lowest BCUT2D eigenvalue weighted by Crippen LogP contribution is -2.39. The van der Waals surface area contributed by atoms with E-state index in [1.807, 2.05) is 0 Å². The van der Waals surface area contributed by atoms with Crippen molar-refractivity contribution < 1.29 is 56.9 Å². The van der Waals surface area contributed by atoms with Gasteiger partial charge in [0.25, 0.3) is 5.56 Å². The first kappa shape index (κ1) is 30.2. The van der Waals surface area contributed by atoms with E-state index in [1.54, 1.807) is 0 Å². The number of fused-ring (bicyclic) bond motifs is 4. The molecule has 6 unspecified atom stereocenters. The number of aliphatic hydroxyl groups is 2. The van der Waals surface area contributed by atoms with Crippen LogP contribution in [-0.4, -0.2) is 114 Å². The van der Waals surface area contributed by atoms with Gasteiger partial charge in [0.1, 0.15) is 36.3 Å². The van der Waals surface area contributed by atoms with Gasteiger partial charge in [0.2, 0.25) is 5.95 Å². The van der Waals surface area contributed by atoms with Crippen molar-refractivity contribution in [1.29, 1.82) is 0 Å². The molecular weight excluding hydrogens is 652 g/mol. The number of phosphoric ester groups is 1. The third-order valence-electron chi connectivity index (χ3n) is 7.08. The Labute approximate surface area is 248 Å². The molecule has 7 heterocycles. The number of anilines is 2. The quantitative estimate of drug-likeness (QED) is 0.104. The van der Waals surface area contributed by atoms with Gasteiger partial charge < -0.3 is 45.7 Å². The van der Waals surface area contributed by atoms with Crippen molar-refractivity contribution >= 4 is 49.5 Å². The number of phosphoric acid groups is 1. The summed E-state index contributed by atoms with van der Waals surface area (Å²) in [7, 11) is -9.88. The van der Waals surface area contributed by atoms with Crippen molar-refractivity contribution in [2.75, 3.05) is 24.4 Å². The molecule has 45 heavy (non-hydrogen) atoms. The van der Waals surface area contributed by atoms with Crippen molar-refractivity contribution in [3.05, 3.63) is 23.0 Å². The number of rotatable bonds is 2. The Bertz CT molecular complexity index is 1940. The molecule has 3 saturated heterocycles. The van der Waals surface area contributed by atoms with E-state index in [2.05, 4.69) is 35.2 Å². The second-order valence-electron chi connectivity index (χ2n) is 10.0. The van der Waals surface area contributed by atoms with Crippen LogP contribution in [-0.2, 0) is 36.9 Å². The summed E-state index contributed by atoms with van der Waals surface area (Å²) in [6, 6.07) is 0. The Balaban J connectivity index is 1.17. The van der Waals surface area contributed by atoms with Crippen LogP contribution in [0.3, 0.4) is 0 Å². The van der Waals surface area contributed by atoms with E-state index in [9.17, 15) is 33.9 Å². The number of imidazole rings is 1. The number of ether oxygens (including phenoxy) is 3. The molecular formula is C19H23N11O13P2. The van der Waals surface area contributed by atoms with Gasteiger partial charge >= 0.3 is 15.4 Å². The molecule has 4 aromatic heterocycles. The summed E-state index contributed by atoms with van der Waals surface area (Å²) in [5.74, 6) is -0.277. The molecule has 242 valence electrons. The second kappa shape index (κ2) is 10.8. The van der Waals surface area contributed by atoms with Crippen LogP contribution in [0, 0.1) is 0 Å². The van der Waals surface area contributed by atoms with Gasteiger partial charge in [-0.25, -0.2) is 19.5 Å². The molecule has 3 fully saturated rings. The van der Waals surface area contributed by atoms with Gasteiger partial charge in [-0.1, -0.05) is 5.21 Å². The van der Waals surface area contributed by atoms with Crippen LogP contribution in [0.5, 0.6) is 0 Å². The topological polar surface area (TPSA) is 343 Å². The monoisotopic (exact) mass is 675 g/mol. The first-order chi connectivity index (χ1) is 21.3. The van der Waals surface area contributed by atoms with Crippen molar-refractivity contribution in [2.45, 2.75) is 49.3 Å². The smallest absolute Gasteiger partial charge is 0.386 e. The fourth-order valence-electron chi connectivity index (χ4n) is 5.11. The number of nitrogens with two attached hydrogens (primary N) is 2. The Morgan fingerprint density at radius 2 is 1.76 bits per heavy atom. The minimum Gasteiger partial charge on any atom is -0.386 e. The molecule has 4 aromatic rings.